The lowest BCUT2D eigenvalue weighted by molar-refractivity contribution is -0.120. The fourth-order valence-corrected chi connectivity index (χ4v) is 1.97. The molecule has 0 aliphatic carbocycles. The van der Waals surface area contributed by atoms with E-state index in [1.807, 2.05) is 19.1 Å². The van der Waals surface area contributed by atoms with Gasteiger partial charge in [-0.05, 0) is 24.0 Å². The molecule has 0 heterocycles. The summed E-state index contributed by atoms with van der Waals surface area (Å²) in [5, 5.41) is 9.06. The second kappa shape index (κ2) is 12.3. The number of nitrogens with zero attached hydrogens (tertiary/aromatic N) is 1. The fourth-order valence-electron chi connectivity index (χ4n) is 1.97. The maximum atomic E-state index is 11.5. The van der Waals surface area contributed by atoms with E-state index in [2.05, 4.69) is 40.0 Å². The van der Waals surface area contributed by atoms with E-state index >= 15 is 0 Å². The topological polar surface area (TPSA) is 65.5 Å². The predicted octanol–water partition coefficient (Wildman–Crippen LogP) is 2.06. The number of rotatable bonds is 7. The van der Waals surface area contributed by atoms with Crippen LogP contribution in [0.2, 0.25) is 0 Å². The number of guanidine groups is 1. The molecule has 22 heavy (non-hydrogen) atoms. The van der Waals surface area contributed by atoms with Gasteiger partial charge < -0.3 is 16.0 Å². The molecular formula is C16H27IN4O. The molecule has 1 amide bonds. The number of aryl methyl sites for hydroxylation is 1. The van der Waals surface area contributed by atoms with Gasteiger partial charge in [0.05, 0.1) is 6.54 Å². The Balaban J connectivity index is 0.00000441. The summed E-state index contributed by atoms with van der Waals surface area (Å²) in [5.41, 5.74) is 2.57. The summed E-state index contributed by atoms with van der Waals surface area (Å²) in [4.78, 5) is 15.7. The first-order valence-electron chi connectivity index (χ1n) is 7.49. The van der Waals surface area contributed by atoms with E-state index in [1.165, 1.54) is 11.1 Å². The molecule has 3 N–H and O–H groups in total. The maximum Gasteiger partial charge on any atom is 0.239 e. The van der Waals surface area contributed by atoms with Crippen molar-refractivity contribution in [1.82, 2.24) is 16.0 Å². The maximum absolute atomic E-state index is 11.5. The summed E-state index contributed by atoms with van der Waals surface area (Å²) in [7, 11) is 1.70. The van der Waals surface area contributed by atoms with Crippen LogP contribution in [0.3, 0.4) is 0 Å². The third-order valence-corrected chi connectivity index (χ3v) is 3.16. The number of hydrogen-bond donors (Lipinski definition) is 3. The van der Waals surface area contributed by atoms with Crippen molar-refractivity contribution in [3.8, 4) is 0 Å². The third-order valence-electron chi connectivity index (χ3n) is 3.16. The van der Waals surface area contributed by atoms with Gasteiger partial charge in [-0.3, -0.25) is 9.79 Å². The summed E-state index contributed by atoms with van der Waals surface area (Å²) in [5.74, 6) is 0.612. The van der Waals surface area contributed by atoms with Crippen LogP contribution in [0.5, 0.6) is 0 Å². The van der Waals surface area contributed by atoms with Gasteiger partial charge in [0.2, 0.25) is 5.91 Å². The number of amides is 1. The standard InChI is InChI=1S/C16H26N4O.HI/c1-4-10-18-15(21)12-20-16(17-3)19-11-14-9-7-6-8-13(14)5-2;/h6-9H,4-5,10-12H2,1-3H3,(H,18,21)(H2,17,19,20);1H. The van der Waals surface area contributed by atoms with E-state index in [0.717, 1.165) is 12.8 Å². The Kier molecular flexibility index (Phi) is 11.5. The van der Waals surface area contributed by atoms with Crippen molar-refractivity contribution >= 4 is 35.8 Å². The summed E-state index contributed by atoms with van der Waals surface area (Å²) in [6.07, 6.45) is 1.94. The van der Waals surface area contributed by atoms with Crippen LogP contribution in [0.4, 0.5) is 0 Å². The molecule has 0 aliphatic heterocycles. The summed E-state index contributed by atoms with van der Waals surface area (Å²) < 4.78 is 0. The zero-order chi connectivity index (χ0) is 15.5. The molecule has 1 aromatic carbocycles. The first-order chi connectivity index (χ1) is 10.2. The summed E-state index contributed by atoms with van der Waals surface area (Å²) in [6, 6.07) is 8.32. The minimum atomic E-state index is -0.0197. The molecule has 0 bridgehead atoms. The van der Waals surface area contributed by atoms with Gasteiger partial charge in [-0.1, -0.05) is 38.1 Å². The van der Waals surface area contributed by atoms with Gasteiger partial charge in [-0.2, -0.15) is 0 Å². The quantitative estimate of drug-likeness (QED) is 0.361. The highest BCUT2D eigenvalue weighted by molar-refractivity contribution is 14.0. The molecule has 1 rings (SSSR count). The second-order valence-corrected chi connectivity index (χ2v) is 4.75. The van der Waals surface area contributed by atoms with E-state index in [-0.39, 0.29) is 36.4 Å². The number of benzene rings is 1. The lowest BCUT2D eigenvalue weighted by atomic mass is 10.1. The molecule has 5 nitrogen and oxygen atoms in total. The van der Waals surface area contributed by atoms with Crippen LogP contribution >= 0.6 is 24.0 Å². The molecule has 0 aromatic heterocycles. The van der Waals surface area contributed by atoms with Gasteiger partial charge in [0, 0.05) is 20.1 Å². The lowest BCUT2D eigenvalue weighted by Crippen LogP contribution is -2.43. The number of halogens is 1. The molecule has 0 atom stereocenters. The van der Waals surface area contributed by atoms with Gasteiger partial charge in [-0.25, -0.2) is 0 Å². The zero-order valence-electron chi connectivity index (χ0n) is 13.6. The first-order valence-corrected chi connectivity index (χ1v) is 7.49. The monoisotopic (exact) mass is 418 g/mol. The van der Waals surface area contributed by atoms with Crippen molar-refractivity contribution in [2.45, 2.75) is 33.2 Å². The van der Waals surface area contributed by atoms with Gasteiger partial charge >= 0.3 is 0 Å². The van der Waals surface area contributed by atoms with Crippen LogP contribution in [-0.2, 0) is 17.8 Å². The van der Waals surface area contributed by atoms with Crippen molar-refractivity contribution in [3.63, 3.8) is 0 Å². The smallest absolute Gasteiger partial charge is 0.239 e. The average molecular weight is 418 g/mol. The van der Waals surface area contributed by atoms with Gasteiger partial charge in [-0.15, -0.1) is 24.0 Å². The largest absolute Gasteiger partial charge is 0.355 e. The minimum Gasteiger partial charge on any atom is -0.355 e. The Morgan fingerprint density at radius 3 is 2.36 bits per heavy atom. The highest BCUT2D eigenvalue weighted by atomic mass is 127. The molecule has 0 fully saturated rings. The molecule has 0 unspecified atom stereocenters. The van der Waals surface area contributed by atoms with Crippen LogP contribution in [0, 0.1) is 0 Å². The van der Waals surface area contributed by atoms with Gasteiger partial charge in [0.1, 0.15) is 0 Å². The zero-order valence-corrected chi connectivity index (χ0v) is 15.9. The first kappa shape index (κ1) is 20.7. The highest BCUT2D eigenvalue weighted by Gasteiger charge is 2.04. The Morgan fingerprint density at radius 1 is 1.09 bits per heavy atom. The molecule has 124 valence electrons. The van der Waals surface area contributed by atoms with Crippen molar-refractivity contribution in [3.05, 3.63) is 35.4 Å². The van der Waals surface area contributed by atoms with E-state index in [4.69, 9.17) is 0 Å². The predicted molar refractivity (Wildman–Crippen MR) is 103 cm³/mol. The highest BCUT2D eigenvalue weighted by Crippen LogP contribution is 2.08. The average Bonchev–Trinajstić information content (AvgIpc) is 2.53. The molecule has 0 radical (unpaired) electrons. The number of carbonyl (C=O) groups is 1. The summed E-state index contributed by atoms with van der Waals surface area (Å²) >= 11 is 0. The van der Waals surface area contributed by atoms with Gasteiger partial charge in [0.15, 0.2) is 5.96 Å². The number of nitrogens with one attached hydrogen (secondary N) is 3. The van der Waals surface area contributed by atoms with E-state index < -0.39 is 0 Å². The minimum absolute atomic E-state index is 0. The molecule has 6 heteroatoms. The number of hydrogen-bond acceptors (Lipinski definition) is 2. The van der Waals surface area contributed by atoms with Crippen molar-refractivity contribution < 1.29 is 4.79 Å². The molecular weight excluding hydrogens is 391 g/mol. The Morgan fingerprint density at radius 2 is 1.77 bits per heavy atom. The molecule has 0 saturated carbocycles. The van der Waals surface area contributed by atoms with Crippen molar-refractivity contribution in [1.29, 1.82) is 0 Å². The number of carbonyl (C=O) groups excluding carboxylic acids is 1. The molecule has 0 saturated heterocycles. The third kappa shape index (κ3) is 7.63. The SMILES string of the molecule is CCCNC(=O)CNC(=NC)NCc1ccccc1CC.I. The molecule has 1 aromatic rings. The van der Waals surface area contributed by atoms with Crippen molar-refractivity contribution in [2.24, 2.45) is 4.99 Å². The summed E-state index contributed by atoms with van der Waals surface area (Å²) in [6.45, 7) is 5.80. The van der Waals surface area contributed by atoms with E-state index in [1.54, 1.807) is 7.05 Å². The van der Waals surface area contributed by atoms with Crippen LogP contribution in [0.25, 0.3) is 0 Å². The van der Waals surface area contributed by atoms with Crippen LogP contribution in [-0.4, -0.2) is 32.0 Å². The Hall–Kier alpha value is -1.31. The fraction of sp³-hybridized carbons (Fsp3) is 0.500. The van der Waals surface area contributed by atoms with Crippen LogP contribution in [0.1, 0.15) is 31.4 Å². The van der Waals surface area contributed by atoms with E-state index in [0.29, 0.717) is 19.0 Å². The van der Waals surface area contributed by atoms with Crippen LogP contribution in [0.15, 0.2) is 29.3 Å². The second-order valence-electron chi connectivity index (χ2n) is 4.75. The lowest BCUT2D eigenvalue weighted by Gasteiger charge is -2.13. The molecule has 0 spiro atoms. The van der Waals surface area contributed by atoms with Gasteiger partial charge in [0.25, 0.3) is 0 Å². The Bertz CT molecular complexity index is 477. The Labute approximate surface area is 150 Å². The van der Waals surface area contributed by atoms with Crippen LogP contribution < -0.4 is 16.0 Å². The van der Waals surface area contributed by atoms with Crippen molar-refractivity contribution in [2.75, 3.05) is 20.1 Å². The molecule has 0 aliphatic rings. The van der Waals surface area contributed by atoms with E-state index in [9.17, 15) is 4.79 Å². The normalized spacial score (nSPS) is 10.6. The number of aliphatic imine (C=N–C) groups is 1.